The highest BCUT2D eigenvalue weighted by Gasteiger charge is 2.03. The summed E-state index contributed by atoms with van der Waals surface area (Å²) in [6.07, 6.45) is 11.4. The summed E-state index contributed by atoms with van der Waals surface area (Å²) in [6.45, 7) is 9.48. The molecule has 0 radical (unpaired) electrons. The molecule has 0 spiro atoms. The van der Waals surface area contributed by atoms with Gasteiger partial charge in [0.1, 0.15) is 11.5 Å². The van der Waals surface area contributed by atoms with E-state index in [0.29, 0.717) is 12.2 Å². The summed E-state index contributed by atoms with van der Waals surface area (Å²) in [7, 11) is 0. The number of hydrogen-bond acceptors (Lipinski definition) is 4. The van der Waals surface area contributed by atoms with Gasteiger partial charge in [-0.25, -0.2) is 4.79 Å². The van der Waals surface area contributed by atoms with Crippen LogP contribution in [0.25, 0.3) is 11.1 Å². The van der Waals surface area contributed by atoms with E-state index in [1.165, 1.54) is 36.8 Å². The average Bonchev–Trinajstić information content (AvgIpc) is 2.85. The largest absolute Gasteiger partial charge is 0.494 e. The molecule has 0 aromatic heterocycles. The topological polar surface area (TPSA) is 44.8 Å². The molecule has 0 unspecified atom stereocenters. The third-order valence-corrected chi connectivity index (χ3v) is 5.70. The van der Waals surface area contributed by atoms with Crippen molar-refractivity contribution in [2.24, 2.45) is 0 Å². The fraction of sp³-hybridized carbons (Fsp3) is 0.500. The van der Waals surface area contributed by atoms with E-state index in [1.54, 1.807) is 6.92 Å². The van der Waals surface area contributed by atoms with Crippen molar-refractivity contribution < 1.29 is 19.0 Å². The zero-order valence-electron chi connectivity index (χ0n) is 21.2. The summed E-state index contributed by atoms with van der Waals surface area (Å²) in [6, 6.07) is 16.6. The van der Waals surface area contributed by atoms with Crippen molar-refractivity contribution >= 4 is 5.97 Å². The fourth-order valence-corrected chi connectivity index (χ4v) is 3.60. The molecule has 0 amide bonds. The number of unbranched alkanes of at least 4 members (excludes halogenated alkanes) is 8. The van der Waals surface area contributed by atoms with Gasteiger partial charge in [-0.15, -0.1) is 0 Å². The van der Waals surface area contributed by atoms with Gasteiger partial charge in [0.2, 0.25) is 0 Å². The molecule has 2 aromatic carbocycles. The molecule has 0 bridgehead atoms. The predicted molar refractivity (Wildman–Crippen MR) is 140 cm³/mol. The Hall–Kier alpha value is -2.75. The van der Waals surface area contributed by atoms with Gasteiger partial charge in [0, 0.05) is 5.57 Å². The number of rotatable bonds is 18. The lowest BCUT2D eigenvalue weighted by Crippen LogP contribution is -2.06. The monoisotopic (exact) mass is 466 g/mol. The number of esters is 1. The van der Waals surface area contributed by atoms with Crippen molar-refractivity contribution in [3.63, 3.8) is 0 Å². The third-order valence-electron chi connectivity index (χ3n) is 5.70. The van der Waals surface area contributed by atoms with Crippen LogP contribution in [-0.2, 0) is 9.53 Å². The Kier molecular flexibility index (Phi) is 13.6. The van der Waals surface area contributed by atoms with Gasteiger partial charge >= 0.3 is 5.97 Å². The van der Waals surface area contributed by atoms with Crippen molar-refractivity contribution in [3.8, 4) is 22.6 Å². The Balaban J connectivity index is 1.56. The summed E-state index contributed by atoms with van der Waals surface area (Å²) < 4.78 is 16.8. The highest BCUT2D eigenvalue weighted by molar-refractivity contribution is 5.86. The first-order valence-electron chi connectivity index (χ1n) is 12.9. The summed E-state index contributed by atoms with van der Waals surface area (Å²) in [4.78, 5) is 11.3. The minimum absolute atomic E-state index is 0.291. The molecule has 2 aromatic rings. The van der Waals surface area contributed by atoms with E-state index in [9.17, 15) is 4.79 Å². The van der Waals surface area contributed by atoms with Crippen LogP contribution in [0.15, 0.2) is 60.7 Å². The molecule has 2 rings (SSSR count). The van der Waals surface area contributed by atoms with E-state index in [0.717, 1.165) is 63.2 Å². The Labute approximate surface area is 206 Å². The lowest BCUT2D eigenvalue weighted by atomic mass is 10.1. The number of carbonyl (C=O) groups is 1. The van der Waals surface area contributed by atoms with E-state index in [-0.39, 0.29) is 5.97 Å². The van der Waals surface area contributed by atoms with Crippen LogP contribution in [-0.4, -0.2) is 25.8 Å². The minimum atomic E-state index is -0.291. The van der Waals surface area contributed by atoms with Gasteiger partial charge in [0.05, 0.1) is 19.8 Å². The van der Waals surface area contributed by atoms with Gasteiger partial charge in [-0.3, -0.25) is 0 Å². The van der Waals surface area contributed by atoms with E-state index < -0.39 is 0 Å². The maximum atomic E-state index is 11.3. The summed E-state index contributed by atoms with van der Waals surface area (Å²) in [5.74, 6) is 1.56. The van der Waals surface area contributed by atoms with Crippen LogP contribution in [0, 0.1) is 0 Å². The molecule has 0 aliphatic heterocycles. The smallest absolute Gasteiger partial charge is 0.333 e. The quantitative estimate of drug-likeness (QED) is 0.126. The van der Waals surface area contributed by atoms with Crippen LogP contribution in [0.4, 0.5) is 0 Å². The highest BCUT2D eigenvalue weighted by Crippen LogP contribution is 2.25. The molecule has 0 aliphatic carbocycles. The Morgan fingerprint density at radius 1 is 0.647 bits per heavy atom. The average molecular weight is 467 g/mol. The molecular formula is C30H42O4. The summed E-state index contributed by atoms with van der Waals surface area (Å²) in [5.41, 5.74) is 2.82. The zero-order chi connectivity index (χ0) is 24.4. The van der Waals surface area contributed by atoms with Crippen LogP contribution >= 0.6 is 0 Å². The predicted octanol–water partition coefficient (Wildman–Crippen LogP) is 8.15. The molecule has 0 aliphatic rings. The van der Waals surface area contributed by atoms with Crippen molar-refractivity contribution in [1.29, 1.82) is 0 Å². The van der Waals surface area contributed by atoms with Gasteiger partial charge in [-0.2, -0.15) is 0 Å². The first-order valence-corrected chi connectivity index (χ1v) is 12.9. The van der Waals surface area contributed by atoms with Gasteiger partial charge in [0.25, 0.3) is 0 Å². The van der Waals surface area contributed by atoms with Crippen molar-refractivity contribution in [2.75, 3.05) is 19.8 Å². The van der Waals surface area contributed by atoms with Crippen LogP contribution in [0.5, 0.6) is 11.5 Å². The minimum Gasteiger partial charge on any atom is -0.494 e. The fourth-order valence-electron chi connectivity index (χ4n) is 3.60. The molecule has 186 valence electrons. The second kappa shape index (κ2) is 16.8. The highest BCUT2D eigenvalue weighted by atomic mass is 16.5. The van der Waals surface area contributed by atoms with Gasteiger partial charge in [0.15, 0.2) is 0 Å². The number of benzene rings is 2. The molecule has 0 N–H and O–H groups in total. The molecule has 0 atom stereocenters. The van der Waals surface area contributed by atoms with Crippen molar-refractivity contribution in [1.82, 2.24) is 0 Å². The van der Waals surface area contributed by atoms with Crippen molar-refractivity contribution in [3.05, 3.63) is 60.7 Å². The number of carbonyl (C=O) groups excluding carboxylic acids is 1. The molecular weight excluding hydrogens is 424 g/mol. The molecule has 0 fully saturated rings. The SMILES string of the molecule is C=C(C)C(=O)OCCCCCCCCOc1ccc(-c2ccc(OCCCCCC)cc2)cc1. The van der Waals surface area contributed by atoms with E-state index in [2.05, 4.69) is 37.8 Å². The van der Waals surface area contributed by atoms with Crippen LogP contribution in [0.3, 0.4) is 0 Å². The van der Waals surface area contributed by atoms with Gasteiger partial charge < -0.3 is 14.2 Å². The number of hydrogen-bond donors (Lipinski definition) is 0. The summed E-state index contributed by atoms with van der Waals surface area (Å²) >= 11 is 0. The number of ether oxygens (including phenoxy) is 3. The van der Waals surface area contributed by atoms with E-state index in [4.69, 9.17) is 14.2 Å². The standard InChI is InChI=1S/C30H42O4/c1-4-5-6-11-22-32-28-18-14-26(15-19-28)27-16-20-29(21-17-27)33-23-12-9-7-8-10-13-24-34-30(31)25(2)3/h14-21H,2,4-13,22-24H2,1,3H3. The summed E-state index contributed by atoms with van der Waals surface area (Å²) in [5, 5.41) is 0. The van der Waals surface area contributed by atoms with E-state index in [1.807, 2.05) is 24.3 Å². The first-order chi connectivity index (χ1) is 16.6. The lowest BCUT2D eigenvalue weighted by molar-refractivity contribution is -0.139. The van der Waals surface area contributed by atoms with Crippen LogP contribution < -0.4 is 9.47 Å². The zero-order valence-corrected chi connectivity index (χ0v) is 21.2. The Morgan fingerprint density at radius 2 is 1.06 bits per heavy atom. The maximum Gasteiger partial charge on any atom is 0.333 e. The van der Waals surface area contributed by atoms with E-state index >= 15 is 0 Å². The molecule has 4 nitrogen and oxygen atoms in total. The maximum absolute atomic E-state index is 11.3. The third kappa shape index (κ3) is 11.4. The molecule has 0 saturated carbocycles. The normalized spacial score (nSPS) is 10.6. The Bertz CT molecular complexity index is 824. The van der Waals surface area contributed by atoms with Crippen LogP contribution in [0.1, 0.15) is 78.1 Å². The van der Waals surface area contributed by atoms with Crippen molar-refractivity contribution in [2.45, 2.75) is 78.1 Å². The van der Waals surface area contributed by atoms with Crippen LogP contribution in [0.2, 0.25) is 0 Å². The second-order valence-corrected chi connectivity index (χ2v) is 8.84. The molecule has 0 heterocycles. The Morgan fingerprint density at radius 3 is 1.50 bits per heavy atom. The molecule has 4 heteroatoms. The van der Waals surface area contributed by atoms with Gasteiger partial charge in [-0.05, 0) is 61.6 Å². The second-order valence-electron chi connectivity index (χ2n) is 8.84. The molecule has 34 heavy (non-hydrogen) atoms. The first kappa shape index (κ1) is 27.5. The van der Waals surface area contributed by atoms with Gasteiger partial charge in [-0.1, -0.05) is 82.7 Å². The lowest BCUT2D eigenvalue weighted by Gasteiger charge is -2.09. The molecule has 0 saturated heterocycles.